The lowest BCUT2D eigenvalue weighted by Crippen LogP contribution is -2.43. The average Bonchev–Trinajstić information content (AvgIpc) is 2.61. The Hall–Kier alpha value is -2.04. The molecule has 0 aromatic heterocycles. The predicted octanol–water partition coefficient (Wildman–Crippen LogP) is 2.72. The zero-order chi connectivity index (χ0) is 16.9. The van der Waals surface area contributed by atoms with Crippen LogP contribution in [0.3, 0.4) is 0 Å². The van der Waals surface area contributed by atoms with Crippen LogP contribution in [0.4, 0.5) is 5.69 Å². The third kappa shape index (κ3) is 3.89. The summed E-state index contributed by atoms with van der Waals surface area (Å²) in [5.41, 5.74) is 3.43. The number of amides is 1. The Morgan fingerprint density at radius 1 is 1.12 bits per heavy atom. The second-order valence-electron chi connectivity index (χ2n) is 5.96. The summed E-state index contributed by atoms with van der Waals surface area (Å²) in [4.78, 5) is 16.5. The van der Waals surface area contributed by atoms with Gasteiger partial charge in [0.1, 0.15) is 0 Å². The van der Waals surface area contributed by atoms with Crippen LogP contribution in [-0.4, -0.2) is 42.2 Å². The van der Waals surface area contributed by atoms with E-state index < -0.39 is 0 Å². The van der Waals surface area contributed by atoms with Crippen molar-refractivity contribution in [1.82, 2.24) is 4.90 Å². The molecule has 0 aliphatic carbocycles. The SMILES string of the molecule is O=C(CN(CCO)c1ccc(Cl)cc1)N1CCc2ccccc2C1. The van der Waals surface area contributed by atoms with Gasteiger partial charge in [0.15, 0.2) is 0 Å². The summed E-state index contributed by atoms with van der Waals surface area (Å²) in [7, 11) is 0. The first kappa shape index (κ1) is 16.8. The first-order valence-electron chi connectivity index (χ1n) is 8.13. The van der Waals surface area contributed by atoms with Crippen molar-refractivity contribution in [2.24, 2.45) is 0 Å². The van der Waals surface area contributed by atoms with Crippen LogP contribution in [0.2, 0.25) is 5.02 Å². The Bertz CT molecular complexity index is 703. The molecule has 0 saturated heterocycles. The number of carbonyl (C=O) groups is 1. The van der Waals surface area contributed by atoms with Gasteiger partial charge in [-0.15, -0.1) is 0 Å². The van der Waals surface area contributed by atoms with Crippen molar-refractivity contribution < 1.29 is 9.90 Å². The van der Waals surface area contributed by atoms with Crippen LogP contribution in [0.25, 0.3) is 0 Å². The first-order valence-corrected chi connectivity index (χ1v) is 8.51. The van der Waals surface area contributed by atoms with Gasteiger partial charge in [0.25, 0.3) is 0 Å². The molecule has 1 amide bonds. The van der Waals surface area contributed by atoms with Crippen LogP contribution in [0.15, 0.2) is 48.5 Å². The summed E-state index contributed by atoms with van der Waals surface area (Å²) in [6.07, 6.45) is 0.892. The first-order chi connectivity index (χ1) is 11.7. The van der Waals surface area contributed by atoms with Crippen LogP contribution in [0, 0.1) is 0 Å². The fourth-order valence-electron chi connectivity index (χ4n) is 3.04. The van der Waals surface area contributed by atoms with Crippen LogP contribution < -0.4 is 4.90 Å². The molecule has 1 aliphatic rings. The molecule has 0 atom stereocenters. The molecule has 0 spiro atoms. The zero-order valence-electron chi connectivity index (χ0n) is 13.5. The summed E-state index contributed by atoms with van der Waals surface area (Å²) >= 11 is 5.93. The average molecular weight is 345 g/mol. The second-order valence-corrected chi connectivity index (χ2v) is 6.39. The molecule has 3 rings (SSSR count). The lowest BCUT2D eigenvalue weighted by atomic mass is 10.00. The molecule has 1 N–H and O–H groups in total. The van der Waals surface area contributed by atoms with E-state index >= 15 is 0 Å². The van der Waals surface area contributed by atoms with E-state index in [1.807, 2.05) is 34.1 Å². The number of halogens is 1. The fraction of sp³-hybridized carbons (Fsp3) is 0.316. The molecule has 1 aliphatic heterocycles. The van der Waals surface area contributed by atoms with Gasteiger partial charge in [-0.3, -0.25) is 4.79 Å². The largest absolute Gasteiger partial charge is 0.395 e. The van der Waals surface area contributed by atoms with Gasteiger partial charge in [0.2, 0.25) is 5.91 Å². The minimum Gasteiger partial charge on any atom is -0.395 e. The maximum Gasteiger partial charge on any atom is 0.242 e. The highest BCUT2D eigenvalue weighted by molar-refractivity contribution is 6.30. The minimum atomic E-state index is -0.00125. The monoisotopic (exact) mass is 344 g/mol. The molecule has 2 aromatic carbocycles. The Morgan fingerprint density at radius 3 is 2.54 bits per heavy atom. The van der Waals surface area contributed by atoms with Crippen molar-refractivity contribution >= 4 is 23.2 Å². The van der Waals surface area contributed by atoms with Crippen LogP contribution in [-0.2, 0) is 17.8 Å². The summed E-state index contributed by atoms with van der Waals surface area (Å²) < 4.78 is 0. The highest BCUT2D eigenvalue weighted by Crippen LogP contribution is 2.21. The van der Waals surface area contributed by atoms with Crippen molar-refractivity contribution in [3.63, 3.8) is 0 Å². The number of rotatable bonds is 5. The smallest absolute Gasteiger partial charge is 0.242 e. The standard InChI is InChI=1S/C19H21ClN2O2/c20-17-5-7-18(8-6-17)21(11-12-23)14-19(24)22-10-9-15-3-1-2-4-16(15)13-22/h1-8,23H,9-14H2. The molecule has 126 valence electrons. The van der Waals surface area contributed by atoms with Crippen molar-refractivity contribution in [2.75, 3.05) is 31.1 Å². The van der Waals surface area contributed by atoms with E-state index in [4.69, 9.17) is 11.6 Å². The lowest BCUT2D eigenvalue weighted by Gasteiger charge is -2.32. The van der Waals surface area contributed by atoms with Crippen molar-refractivity contribution in [1.29, 1.82) is 0 Å². The molecule has 4 nitrogen and oxygen atoms in total. The molecule has 2 aromatic rings. The van der Waals surface area contributed by atoms with Crippen LogP contribution >= 0.6 is 11.6 Å². The third-order valence-corrected chi connectivity index (χ3v) is 4.62. The number of anilines is 1. The number of aliphatic hydroxyl groups excluding tert-OH is 1. The molecular weight excluding hydrogens is 324 g/mol. The fourth-order valence-corrected chi connectivity index (χ4v) is 3.17. The van der Waals surface area contributed by atoms with Gasteiger partial charge in [-0.05, 0) is 41.8 Å². The maximum atomic E-state index is 12.7. The summed E-state index contributed by atoms with van der Waals surface area (Å²) in [5, 5.41) is 9.97. The molecular formula is C19H21ClN2O2. The predicted molar refractivity (Wildman–Crippen MR) is 96.3 cm³/mol. The molecule has 5 heteroatoms. The Balaban J connectivity index is 1.69. The van der Waals surface area contributed by atoms with E-state index in [0.717, 1.165) is 18.7 Å². The minimum absolute atomic E-state index is 0.00125. The Labute approximate surface area is 147 Å². The number of hydrogen-bond donors (Lipinski definition) is 1. The van der Waals surface area contributed by atoms with Gasteiger partial charge in [-0.2, -0.15) is 0 Å². The number of hydrogen-bond acceptors (Lipinski definition) is 3. The van der Waals surface area contributed by atoms with Crippen LogP contribution in [0.1, 0.15) is 11.1 Å². The number of benzene rings is 2. The van der Waals surface area contributed by atoms with Crippen LogP contribution in [0.5, 0.6) is 0 Å². The number of nitrogens with zero attached hydrogens (tertiary/aromatic N) is 2. The second kappa shape index (κ2) is 7.69. The van der Waals surface area contributed by atoms with E-state index in [1.165, 1.54) is 11.1 Å². The normalized spacial score (nSPS) is 13.5. The van der Waals surface area contributed by atoms with Gasteiger partial charge in [0.05, 0.1) is 13.2 Å². The highest BCUT2D eigenvalue weighted by atomic mass is 35.5. The van der Waals surface area contributed by atoms with E-state index in [9.17, 15) is 9.90 Å². The summed E-state index contributed by atoms with van der Waals surface area (Å²) in [6, 6.07) is 15.6. The van der Waals surface area contributed by atoms with Gasteiger partial charge in [-0.1, -0.05) is 35.9 Å². The molecule has 0 fully saturated rings. The number of fused-ring (bicyclic) bond motifs is 1. The van der Waals surface area contributed by atoms with Crippen molar-refractivity contribution in [3.05, 3.63) is 64.7 Å². The van der Waals surface area contributed by atoms with Gasteiger partial charge < -0.3 is 14.9 Å². The van der Waals surface area contributed by atoms with E-state index in [2.05, 4.69) is 12.1 Å². The van der Waals surface area contributed by atoms with Gasteiger partial charge >= 0.3 is 0 Å². The molecule has 0 saturated carbocycles. The zero-order valence-corrected chi connectivity index (χ0v) is 14.2. The van der Waals surface area contributed by atoms with Crippen molar-refractivity contribution in [3.8, 4) is 0 Å². The molecule has 1 heterocycles. The third-order valence-electron chi connectivity index (χ3n) is 4.37. The molecule has 0 unspecified atom stereocenters. The van der Waals surface area contributed by atoms with Gasteiger partial charge in [-0.25, -0.2) is 0 Å². The Morgan fingerprint density at radius 2 is 1.83 bits per heavy atom. The molecule has 0 radical (unpaired) electrons. The summed E-state index contributed by atoms with van der Waals surface area (Å²) in [5.74, 6) is 0.0768. The lowest BCUT2D eigenvalue weighted by molar-refractivity contribution is -0.130. The van der Waals surface area contributed by atoms with E-state index in [1.54, 1.807) is 12.1 Å². The maximum absolute atomic E-state index is 12.7. The molecule has 24 heavy (non-hydrogen) atoms. The van der Waals surface area contributed by atoms with Crippen molar-refractivity contribution in [2.45, 2.75) is 13.0 Å². The summed E-state index contributed by atoms with van der Waals surface area (Å²) in [6.45, 7) is 2.06. The van der Waals surface area contributed by atoms with Gasteiger partial charge in [0, 0.05) is 30.3 Å². The topological polar surface area (TPSA) is 43.8 Å². The highest BCUT2D eigenvalue weighted by Gasteiger charge is 2.22. The quantitative estimate of drug-likeness (QED) is 0.907. The molecule has 0 bridgehead atoms. The van der Waals surface area contributed by atoms with E-state index in [-0.39, 0.29) is 19.1 Å². The number of aliphatic hydroxyl groups is 1. The number of carbonyl (C=O) groups excluding carboxylic acids is 1. The van der Waals surface area contributed by atoms with E-state index in [0.29, 0.717) is 18.1 Å². The Kier molecular flexibility index (Phi) is 5.38.